The van der Waals surface area contributed by atoms with Crippen LogP contribution in [0.25, 0.3) is 0 Å². The van der Waals surface area contributed by atoms with Crippen LogP contribution < -0.4 is 26.6 Å². The quantitative estimate of drug-likeness (QED) is 0.115. The molecule has 4 saturated heterocycles. The molecule has 4 aromatic rings. The Labute approximate surface area is 410 Å². The second-order valence-corrected chi connectivity index (χ2v) is 17.6. The van der Waals surface area contributed by atoms with Gasteiger partial charge in [-0.05, 0) is 106 Å². The fourth-order valence-corrected chi connectivity index (χ4v) is 9.75. The summed E-state index contributed by atoms with van der Waals surface area (Å²) in [4.78, 5) is 101. The molecule has 0 saturated carbocycles. The van der Waals surface area contributed by atoms with E-state index in [0.717, 1.165) is 52.5 Å². The number of anilines is 2. The van der Waals surface area contributed by atoms with Crippen molar-refractivity contribution in [2.45, 2.75) is 103 Å². The molecule has 0 bridgehead atoms. The number of imide groups is 2. The highest BCUT2D eigenvalue weighted by molar-refractivity contribution is 6.07. The van der Waals surface area contributed by atoms with Crippen molar-refractivity contribution < 1.29 is 52.9 Å². The lowest BCUT2D eigenvalue weighted by Gasteiger charge is -2.25. The average Bonchev–Trinajstić information content (AvgIpc) is 4.21. The molecule has 4 fully saturated rings. The Hall–Kier alpha value is -7.82. The Morgan fingerprint density at radius 1 is 0.718 bits per heavy atom. The van der Waals surface area contributed by atoms with Crippen LogP contribution in [0.5, 0.6) is 0 Å². The molecule has 6 aliphatic rings. The van der Waals surface area contributed by atoms with E-state index in [4.69, 9.17) is 14.6 Å². The van der Waals surface area contributed by atoms with Crippen molar-refractivity contribution in [1.82, 2.24) is 51.0 Å². The number of fused-ring (bicyclic) bond motifs is 4. The van der Waals surface area contributed by atoms with Gasteiger partial charge >= 0.3 is 30.2 Å². The first-order valence-corrected chi connectivity index (χ1v) is 22.7. The maximum absolute atomic E-state index is 13.4. The maximum atomic E-state index is 13.4. The van der Waals surface area contributed by atoms with E-state index >= 15 is 0 Å². The highest BCUT2D eigenvalue weighted by Crippen LogP contribution is 2.47. The van der Waals surface area contributed by atoms with Gasteiger partial charge in [-0.3, -0.25) is 29.4 Å². The van der Waals surface area contributed by atoms with Gasteiger partial charge in [-0.25, -0.2) is 29.0 Å². The smallest absolute Gasteiger partial charge is 0.418 e. The van der Waals surface area contributed by atoms with E-state index in [1.165, 1.54) is 32.6 Å². The van der Waals surface area contributed by atoms with Gasteiger partial charge < -0.3 is 46.1 Å². The number of urea groups is 2. The molecule has 4 aliphatic heterocycles. The number of aromatic amines is 2. The Kier molecular flexibility index (Phi) is 15.9. The molecule has 2 aliphatic carbocycles. The van der Waals surface area contributed by atoms with Crippen LogP contribution in [-0.4, -0.2) is 128 Å². The van der Waals surface area contributed by atoms with Gasteiger partial charge in [0.2, 0.25) is 17.1 Å². The third kappa shape index (κ3) is 10.4. The normalized spacial score (nSPS) is 22.3. The summed E-state index contributed by atoms with van der Waals surface area (Å²) in [6, 6.07) is 13.7. The number of aliphatic carboxylic acids is 1. The van der Waals surface area contributed by atoms with E-state index in [1.54, 1.807) is 41.3 Å². The topological polar surface area (TPSA) is 302 Å². The van der Waals surface area contributed by atoms with Gasteiger partial charge in [-0.2, -0.15) is 10.2 Å². The molecular weight excluding hydrogens is 921 g/mol. The van der Waals surface area contributed by atoms with E-state index in [2.05, 4.69) is 53.0 Å². The minimum Gasteiger partial charge on any atom is -0.480 e. The number of amides is 9. The second-order valence-electron chi connectivity index (χ2n) is 17.6. The number of hydrogen-bond donors (Lipinski definition) is 8. The molecular formula is C48H62N12O11. The first kappa shape index (κ1) is 52.5. The lowest BCUT2D eigenvalue weighted by atomic mass is 9.94. The standard InChI is InChI=1S/C23H26N6O5.C15H15N3O6.C8H13N3.2CH4/c1-13-10-17(27-26-13)18-4-3-9-28(18)19(30)12-29-20(31)23(34-22(29)33)8-7-14-11-15(5-6-16(14)23)25-21(32)24-2;1-16-13(22)17-9-2-3-10-8(6-9)4-5-15(10)12(21)18(7-11(19)20)14(23)24-15;1-6-5-8(11-10-6)7-3-2-4-9-7;;/h5-6,10-11,18H,3-4,7-9,12H2,1-2H3,(H,26,27)(H2,24,25,32);2-3,6H,4-5,7H2,1H3,(H,19,20)(H2,16,17,22);5,7,9H,2-4H2,1H3,(H,10,11);2*1H4/t18-,23+;15-;7-;;/m010../s1. The number of rotatable bonds is 8. The van der Waals surface area contributed by atoms with E-state index < -0.39 is 47.7 Å². The van der Waals surface area contributed by atoms with Gasteiger partial charge in [0.05, 0.1) is 23.5 Å². The molecule has 0 unspecified atom stereocenters. The number of likely N-dealkylation sites (tertiary alicyclic amines) is 1. The van der Waals surface area contributed by atoms with E-state index in [0.29, 0.717) is 59.3 Å². The monoisotopic (exact) mass is 982 g/mol. The molecule has 2 spiro atoms. The molecule has 380 valence electrons. The van der Waals surface area contributed by atoms with Gasteiger partial charge in [-0.1, -0.05) is 27.0 Å². The zero-order valence-electron chi connectivity index (χ0n) is 38.5. The zero-order chi connectivity index (χ0) is 49.2. The summed E-state index contributed by atoms with van der Waals surface area (Å²) in [5.41, 5.74) is 4.93. The number of carboxylic acids is 1. The molecule has 23 heteroatoms. The number of benzene rings is 2. The van der Waals surface area contributed by atoms with Gasteiger partial charge in [0.1, 0.15) is 13.1 Å². The molecule has 23 nitrogen and oxygen atoms in total. The van der Waals surface area contributed by atoms with E-state index in [9.17, 15) is 38.4 Å². The molecule has 4 atom stereocenters. The van der Waals surface area contributed by atoms with Crippen molar-refractivity contribution in [2.75, 3.05) is 50.9 Å². The molecule has 10 rings (SSSR count). The molecule has 8 N–H and O–H groups in total. The van der Waals surface area contributed by atoms with Crippen LogP contribution in [0.3, 0.4) is 0 Å². The number of H-pyrrole nitrogens is 2. The fourth-order valence-electron chi connectivity index (χ4n) is 9.75. The Balaban J connectivity index is 0.000000193. The third-order valence-corrected chi connectivity index (χ3v) is 13.1. The SMILES string of the molecule is C.C.CNC(=O)Nc1ccc2c(c1)CC[C@@]21OC(=O)N(CC(=O)N2CCC[C@H]2c2cc(C)[nH]n2)C1=O.CNC(=O)Nc1ccc2c(c1)CC[C@@]21OC(=O)N(CC(=O)O)C1=O.Cc1cc([C@@H]2CCCN2)n[nH]1. The maximum Gasteiger partial charge on any atom is 0.418 e. The van der Waals surface area contributed by atoms with Crippen LogP contribution >= 0.6 is 0 Å². The van der Waals surface area contributed by atoms with Crippen LogP contribution in [0.4, 0.5) is 30.6 Å². The number of aromatic nitrogens is 4. The average molecular weight is 983 g/mol. The van der Waals surface area contributed by atoms with Gasteiger partial charge in [0.25, 0.3) is 11.8 Å². The number of carbonyl (C=O) groups is 8. The van der Waals surface area contributed by atoms with Crippen molar-refractivity contribution in [2.24, 2.45) is 0 Å². The number of carboxylic acid groups (broad SMARTS) is 1. The van der Waals surface area contributed by atoms with Crippen LogP contribution in [0.2, 0.25) is 0 Å². The Bertz CT molecular complexity index is 2710. The van der Waals surface area contributed by atoms with Crippen LogP contribution in [0.1, 0.15) is 110 Å². The summed E-state index contributed by atoms with van der Waals surface area (Å²) in [6.45, 7) is 4.51. The predicted octanol–water partition coefficient (Wildman–Crippen LogP) is 5.01. The summed E-state index contributed by atoms with van der Waals surface area (Å²) in [5.74, 6) is -2.79. The Morgan fingerprint density at radius 3 is 1.68 bits per heavy atom. The summed E-state index contributed by atoms with van der Waals surface area (Å²) >= 11 is 0. The number of nitrogens with zero attached hydrogens (tertiary/aromatic N) is 5. The van der Waals surface area contributed by atoms with Gasteiger partial charge in [-0.15, -0.1) is 0 Å². The highest BCUT2D eigenvalue weighted by Gasteiger charge is 2.60. The molecule has 0 radical (unpaired) electrons. The van der Waals surface area contributed by atoms with Crippen molar-refractivity contribution >= 4 is 59.3 Å². The molecule has 71 heavy (non-hydrogen) atoms. The summed E-state index contributed by atoms with van der Waals surface area (Å²) < 4.78 is 10.9. The predicted molar refractivity (Wildman–Crippen MR) is 257 cm³/mol. The fraction of sp³-hybridized carbons (Fsp3) is 0.458. The minimum atomic E-state index is -1.46. The number of ether oxygens (including phenoxy) is 2. The van der Waals surface area contributed by atoms with Crippen molar-refractivity contribution in [3.63, 3.8) is 0 Å². The Morgan fingerprint density at radius 2 is 1.23 bits per heavy atom. The molecule has 2 aromatic carbocycles. The summed E-state index contributed by atoms with van der Waals surface area (Å²) in [6.07, 6.45) is 3.84. The van der Waals surface area contributed by atoms with E-state index in [-0.39, 0.29) is 51.8 Å². The first-order valence-electron chi connectivity index (χ1n) is 22.7. The second kappa shape index (κ2) is 21.4. The molecule has 2 aromatic heterocycles. The number of hydrogen-bond acceptors (Lipinski definition) is 13. The van der Waals surface area contributed by atoms with Gasteiger partial charge in [0, 0.05) is 67.4 Å². The molecule has 9 amide bonds. The minimum absolute atomic E-state index is 0. The van der Waals surface area contributed by atoms with Crippen molar-refractivity contribution in [3.8, 4) is 0 Å². The largest absolute Gasteiger partial charge is 0.480 e. The van der Waals surface area contributed by atoms with E-state index in [1.807, 2.05) is 19.9 Å². The lowest BCUT2D eigenvalue weighted by molar-refractivity contribution is -0.144. The number of aryl methyl sites for hydroxylation is 4. The zero-order valence-corrected chi connectivity index (χ0v) is 38.5. The third-order valence-electron chi connectivity index (χ3n) is 13.1. The molecule has 6 heterocycles. The van der Waals surface area contributed by atoms with Crippen molar-refractivity contribution in [3.05, 3.63) is 93.6 Å². The summed E-state index contributed by atoms with van der Waals surface area (Å²) in [7, 11) is 3.01. The van der Waals surface area contributed by atoms with Gasteiger partial charge in [0.15, 0.2) is 0 Å². The lowest BCUT2D eigenvalue weighted by Crippen LogP contribution is -2.44. The number of nitrogens with one attached hydrogen (secondary N) is 7. The highest BCUT2D eigenvalue weighted by atomic mass is 16.6. The van der Waals surface area contributed by atoms with Crippen LogP contribution in [-0.2, 0) is 52.7 Å². The summed E-state index contributed by atoms with van der Waals surface area (Å²) in [5, 5.41) is 36.8. The first-order chi connectivity index (χ1) is 33.0. The van der Waals surface area contributed by atoms with Crippen molar-refractivity contribution in [1.29, 1.82) is 0 Å². The van der Waals surface area contributed by atoms with Crippen LogP contribution in [0.15, 0.2) is 48.5 Å². The number of carbonyl (C=O) groups excluding carboxylic acids is 7. The van der Waals surface area contributed by atoms with Crippen LogP contribution in [0, 0.1) is 13.8 Å².